The van der Waals surface area contributed by atoms with Gasteiger partial charge in [0.2, 0.25) is 0 Å². The number of amides is 2. The number of anilines is 1. The third kappa shape index (κ3) is 2.50. The number of benzene rings is 2. The molecule has 3 fully saturated rings. The molecule has 3 heterocycles. The Balaban J connectivity index is 1.34. The number of piperidine rings is 1. The second-order valence-corrected chi connectivity index (χ2v) is 11.8. The highest BCUT2D eigenvalue weighted by molar-refractivity contribution is 6.36. The zero-order chi connectivity index (χ0) is 26.1. The quantitative estimate of drug-likeness (QED) is 0.359. The zero-order valence-electron chi connectivity index (χ0n) is 20.7. The first-order valence-electron chi connectivity index (χ1n) is 13.4. The molecule has 2 aromatic carbocycles. The highest BCUT2D eigenvalue weighted by Gasteiger charge is 2.71. The first-order chi connectivity index (χ1) is 18.3. The van der Waals surface area contributed by atoms with Crippen molar-refractivity contribution in [1.82, 2.24) is 4.90 Å². The Bertz CT molecular complexity index is 1490. The van der Waals surface area contributed by atoms with Crippen LogP contribution in [-0.2, 0) is 11.8 Å². The summed E-state index contributed by atoms with van der Waals surface area (Å²) < 4.78 is 6.38. The Morgan fingerprint density at radius 2 is 1.97 bits per heavy atom. The van der Waals surface area contributed by atoms with E-state index in [0.29, 0.717) is 36.5 Å². The topological polar surface area (TPSA) is 133 Å². The summed E-state index contributed by atoms with van der Waals surface area (Å²) >= 11 is 0. The molecule has 196 valence electrons. The van der Waals surface area contributed by atoms with E-state index in [9.17, 15) is 29.9 Å². The monoisotopic (exact) mass is 517 g/mol. The first kappa shape index (κ1) is 22.5. The fourth-order valence-electron chi connectivity index (χ4n) is 8.38. The van der Waals surface area contributed by atoms with Gasteiger partial charge in [-0.1, -0.05) is 6.07 Å². The van der Waals surface area contributed by atoms with Gasteiger partial charge in [-0.3, -0.25) is 24.6 Å². The minimum atomic E-state index is -1.05. The number of rotatable bonds is 4. The van der Waals surface area contributed by atoms with Gasteiger partial charge in [-0.25, -0.2) is 4.90 Å². The SMILES string of the molecule is O=C1c2cccc([N+](=O)[O-])c2C(=O)N1c1cc(O)c2c3c1C[C@@H]1N(CC4CC4)CC[C@]34[C@@H](CCC[C@]14O)O2. The molecule has 3 aliphatic heterocycles. The van der Waals surface area contributed by atoms with Crippen LogP contribution >= 0.6 is 0 Å². The predicted octanol–water partition coefficient (Wildman–Crippen LogP) is 3.06. The number of hydrogen-bond acceptors (Lipinski definition) is 8. The molecule has 1 spiro atoms. The number of carbonyl (C=O) groups excluding carboxylic acids is 2. The average Bonchev–Trinajstić information content (AvgIpc) is 3.58. The molecule has 10 nitrogen and oxygen atoms in total. The lowest BCUT2D eigenvalue weighted by Crippen LogP contribution is -2.75. The maximum Gasteiger partial charge on any atom is 0.283 e. The largest absolute Gasteiger partial charge is 0.504 e. The number of nitro groups is 1. The highest BCUT2D eigenvalue weighted by Crippen LogP contribution is 2.67. The van der Waals surface area contributed by atoms with Crippen molar-refractivity contribution in [2.75, 3.05) is 18.0 Å². The summed E-state index contributed by atoms with van der Waals surface area (Å²) in [6.45, 7) is 1.72. The second-order valence-electron chi connectivity index (χ2n) is 11.8. The lowest BCUT2D eigenvalue weighted by atomic mass is 9.49. The van der Waals surface area contributed by atoms with Gasteiger partial charge >= 0.3 is 0 Å². The summed E-state index contributed by atoms with van der Waals surface area (Å²) in [6.07, 6.45) is 5.32. The van der Waals surface area contributed by atoms with E-state index in [0.717, 1.165) is 36.4 Å². The van der Waals surface area contributed by atoms with E-state index in [4.69, 9.17) is 4.74 Å². The van der Waals surface area contributed by atoms with Gasteiger partial charge in [0, 0.05) is 30.3 Å². The fraction of sp³-hybridized carbons (Fsp3) is 0.500. The van der Waals surface area contributed by atoms with E-state index in [1.165, 1.54) is 37.1 Å². The number of phenolic OH excluding ortho intramolecular Hbond substituents is 1. The minimum Gasteiger partial charge on any atom is -0.504 e. The number of nitrogens with zero attached hydrogens (tertiary/aromatic N) is 3. The van der Waals surface area contributed by atoms with E-state index in [1.807, 2.05) is 0 Å². The molecule has 0 unspecified atom stereocenters. The van der Waals surface area contributed by atoms with Crippen LogP contribution in [-0.4, -0.2) is 62.7 Å². The highest BCUT2D eigenvalue weighted by atomic mass is 16.6. The molecule has 10 heteroatoms. The molecule has 38 heavy (non-hydrogen) atoms. The van der Waals surface area contributed by atoms with Gasteiger partial charge in [-0.05, 0) is 69.0 Å². The molecule has 1 saturated heterocycles. The number of imide groups is 1. The van der Waals surface area contributed by atoms with Crippen LogP contribution in [0, 0.1) is 16.0 Å². The maximum atomic E-state index is 13.7. The summed E-state index contributed by atoms with van der Waals surface area (Å²) in [5.74, 6) is -0.646. The van der Waals surface area contributed by atoms with Gasteiger partial charge in [-0.2, -0.15) is 0 Å². The minimum absolute atomic E-state index is 0.0239. The van der Waals surface area contributed by atoms with Gasteiger partial charge in [0.05, 0.1) is 27.2 Å². The number of fused-ring (bicyclic) bond motifs is 1. The van der Waals surface area contributed by atoms with E-state index in [2.05, 4.69) is 4.90 Å². The smallest absolute Gasteiger partial charge is 0.283 e. The number of aromatic hydroxyl groups is 1. The first-order valence-corrected chi connectivity index (χ1v) is 13.4. The van der Waals surface area contributed by atoms with Crippen molar-refractivity contribution in [1.29, 1.82) is 0 Å². The number of ether oxygens (including phenoxy) is 1. The van der Waals surface area contributed by atoms with Gasteiger partial charge < -0.3 is 14.9 Å². The number of aliphatic hydroxyl groups is 1. The lowest BCUT2D eigenvalue weighted by Gasteiger charge is -2.63. The van der Waals surface area contributed by atoms with Crippen molar-refractivity contribution in [3.63, 3.8) is 0 Å². The van der Waals surface area contributed by atoms with Gasteiger partial charge in [-0.15, -0.1) is 0 Å². The van der Waals surface area contributed by atoms with Crippen LogP contribution in [0.2, 0.25) is 0 Å². The van der Waals surface area contributed by atoms with E-state index in [1.54, 1.807) is 0 Å². The van der Waals surface area contributed by atoms with Crippen LogP contribution in [0.3, 0.4) is 0 Å². The Morgan fingerprint density at radius 1 is 1.16 bits per heavy atom. The van der Waals surface area contributed by atoms with E-state index in [-0.39, 0.29) is 34.7 Å². The zero-order valence-corrected chi connectivity index (χ0v) is 20.7. The van der Waals surface area contributed by atoms with Gasteiger partial charge in [0.15, 0.2) is 11.5 Å². The molecule has 4 atom stereocenters. The Kier molecular flexibility index (Phi) is 4.21. The molecular formula is C28H27N3O7. The number of carbonyl (C=O) groups is 2. The molecule has 2 N–H and O–H groups in total. The Morgan fingerprint density at radius 3 is 2.74 bits per heavy atom. The number of nitro benzene ring substituents is 1. The molecule has 2 amide bonds. The van der Waals surface area contributed by atoms with Crippen molar-refractivity contribution in [3.8, 4) is 11.5 Å². The molecule has 3 aliphatic carbocycles. The summed E-state index contributed by atoms with van der Waals surface area (Å²) in [5, 5.41) is 35.3. The molecule has 2 bridgehead atoms. The van der Waals surface area contributed by atoms with Crippen LogP contribution in [0.4, 0.5) is 11.4 Å². The molecule has 0 aromatic heterocycles. The third-order valence-corrected chi connectivity index (χ3v) is 10.1. The molecule has 0 radical (unpaired) electrons. The predicted molar refractivity (Wildman–Crippen MR) is 134 cm³/mol. The van der Waals surface area contributed by atoms with Crippen molar-refractivity contribution < 1.29 is 29.5 Å². The number of hydrogen-bond donors (Lipinski definition) is 2. The van der Waals surface area contributed by atoms with E-state index < -0.39 is 33.4 Å². The van der Waals surface area contributed by atoms with Gasteiger partial charge in [0.25, 0.3) is 17.5 Å². The Hall–Kier alpha value is -3.50. The van der Waals surface area contributed by atoms with Crippen molar-refractivity contribution in [2.45, 2.75) is 68.1 Å². The van der Waals surface area contributed by atoms with Crippen LogP contribution in [0.25, 0.3) is 0 Å². The van der Waals surface area contributed by atoms with Crippen LogP contribution < -0.4 is 9.64 Å². The molecular weight excluding hydrogens is 490 g/mol. The van der Waals surface area contributed by atoms with E-state index >= 15 is 0 Å². The summed E-state index contributed by atoms with van der Waals surface area (Å²) in [5.41, 5.74) is -0.798. The Labute approximate surface area is 217 Å². The molecule has 2 saturated carbocycles. The van der Waals surface area contributed by atoms with Crippen LogP contribution in [0.1, 0.15) is 70.4 Å². The van der Waals surface area contributed by atoms with Gasteiger partial charge in [0.1, 0.15) is 11.7 Å². The third-order valence-electron chi connectivity index (χ3n) is 10.1. The van der Waals surface area contributed by atoms with Crippen LogP contribution in [0.15, 0.2) is 24.3 Å². The normalized spacial score (nSPS) is 32.7. The van der Waals surface area contributed by atoms with Crippen molar-refractivity contribution in [2.24, 2.45) is 5.92 Å². The molecule has 6 aliphatic rings. The summed E-state index contributed by atoms with van der Waals surface area (Å²) in [6, 6.07) is 5.22. The molecule has 2 aromatic rings. The maximum absolute atomic E-state index is 13.7. The lowest BCUT2D eigenvalue weighted by molar-refractivity contribution is -0.385. The summed E-state index contributed by atoms with van der Waals surface area (Å²) in [7, 11) is 0. The number of phenols is 1. The second kappa shape index (κ2) is 7.12. The average molecular weight is 518 g/mol. The standard InChI is InChI=1S/C28H27N3O7/c32-19-12-18(30-25(33)15-3-1-4-17(31(36)37)22(15)26(30)34)16-11-20-28(35)8-2-5-21-27(28,23(16)24(19)38-21)9-10-29(20)13-14-6-7-14/h1,3-4,12,14,20-21,32,35H,2,5-11,13H2/t20-,21+,27-,28-/m0/s1. The fourth-order valence-corrected chi connectivity index (χ4v) is 8.38. The van der Waals surface area contributed by atoms with Crippen molar-refractivity contribution >= 4 is 23.2 Å². The molecule has 8 rings (SSSR count). The number of likely N-dealkylation sites (tertiary alicyclic amines) is 1. The van der Waals surface area contributed by atoms with Crippen LogP contribution in [0.5, 0.6) is 11.5 Å². The summed E-state index contributed by atoms with van der Waals surface area (Å²) in [4.78, 5) is 41.6. The van der Waals surface area contributed by atoms with Crippen molar-refractivity contribution in [3.05, 3.63) is 56.6 Å².